The lowest BCUT2D eigenvalue weighted by Gasteiger charge is -2.36. The summed E-state index contributed by atoms with van der Waals surface area (Å²) in [5, 5.41) is 2.63. The highest BCUT2D eigenvalue weighted by molar-refractivity contribution is 5.91. The molecule has 4 heteroatoms. The van der Waals surface area contributed by atoms with Gasteiger partial charge in [0, 0.05) is 38.3 Å². The van der Waals surface area contributed by atoms with Gasteiger partial charge in [0.15, 0.2) is 0 Å². The number of imidazole rings is 1. The van der Waals surface area contributed by atoms with Crippen molar-refractivity contribution >= 4 is 27.5 Å². The van der Waals surface area contributed by atoms with Crippen molar-refractivity contribution in [1.29, 1.82) is 0 Å². The van der Waals surface area contributed by atoms with Crippen LogP contribution in [0, 0.1) is 0 Å². The molecule has 4 nitrogen and oxygen atoms in total. The average molecular weight is 475 g/mol. The van der Waals surface area contributed by atoms with Crippen molar-refractivity contribution in [3.63, 3.8) is 0 Å². The number of hydrogen-bond donors (Lipinski definition) is 1. The first-order chi connectivity index (χ1) is 17.4. The summed E-state index contributed by atoms with van der Waals surface area (Å²) in [4.78, 5) is 13.7. The SMILES string of the molecule is CC(C)(C)c1ccc(-c2nc3c(N4CCN(Cc5ccc6ccccc6c5)CC4)cccc3[nH]2)cc1. The summed E-state index contributed by atoms with van der Waals surface area (Å²) in [5.41, 5.74) is 7.40. The molecule has 1 fully saturated rings. The van der Waals surface area contributed by atoms with Crippen LogP contribution >= 0.6 is 0 Å². The van der Waals surface area contributed by atoms with Gasteiger partial charge in [-0.1, -0.05) is 87.5 Å². The van der Waals surface area contributed by atoms with Gasteiger partial charge in [-0.25, -0.2) is 4.98 Å². The van der Waals surface area contributed by atoms with Crippen molar-refractivity contribution in [2.24, 2.45) is 0 Å². The Balaban J connectivity index is 1.17. The van der Waals surface area contributed by atoms with E-state index in [1.165, 1.54) is 27.6 Å². The number of rotatable bonds is 4. The second-order valence-electron chi connectivity index (χ2n) is 11.0. The predicted molar refractivity (Wildman–Crippen MR) is 152 cm³/mol. The number of aromatic amines is 1. The molecule has 0 saturated carbocycles. The lowest BCUT2D eigenvalue weighted by Crippen LogP contribution is -2.46. The topological polar surface area (TPSA) is 35.2 Å². The Morgan fingerprint density at radius 2 is 1.53 bits per heavy atom. The molecule has 0 bridgehead atoms. The molecule has 0 aliphatic carbocycles. The van der Waals surface area contributed by atoms with E-state index in [0.717, 1.165) is 55.1 Å². The van der Waals surface area contributed by atoms with Gasteiger partial charge in [0.1, 0.15) is 11.3 Å². The molecule has 0 spiro atoms. The Hall–Kier alpha value is -3.63. The van der Waals surface area contributed by atoms with Gasteiger partial charge in [-0.05, 0) is 45.5 Å². The highest BCUT2D eigenvalue weighted by Gasteiger charge is 2.21. The molecule has 6 rings (SSSR count). The summed E-state index contributed by atoms with van der Waals surface area (Å²) in [6, 6.07) is 30.8. The molecule has 36 heavy (non-hydrogen) atoms. The number of nitrogens with one attached hydrogen (secondary N) is 1. The van der Waals surface area contributed by atoms with Crippen molar-refractivity contribution in [1.82, 2.24) is 14.9 Å². The van der Waals surface area contributed by atoms with E-state index < -0.39 is 0 Å². The van der Waals surface area contributed by atoms with Crippen molar-refractivity contribution in [3.8, 4) is 11.4 Å². The number of hydrogen-bond acceptors (Lipinski definition) is 3. The maximum Gasteiger partial charge on any atom is 0.138 e. The lowest BCUT2D eigenvalue weighted by molar-refractivity contribution is 0.250. The molecule has 1 aromatic heterocycles. The van der Waals surface area contributed by atoms with Crippen LogP contribution in [-0.2, 0) is 12.0 Å². The van der Waals surface area contributed by atoms with Gasteiger partial charge in [-0.3, -0.25) is 4.90 Å². The molecule has 0 radical (unpaired) electrons. The molecular weight excluding hydrogens is 440 g/mol. The third-order valence-electron chi connectivity index (χ3n) is 7.45. The van der Waals surface area contributed by atoms with Crippen LogP contribution in [0.2, 0.25) is 0 Å². The Morgan fingerprint density at radius 3 is 2.28 bits per heavy atom. The van der Waals surface area contributed by atoms with Crippen LogP contribution in [0.5, 0.6) is 0 Å². The molecule has 1 saturated heterocycles. The summed E-state index contributed by atoms with van der Waals surface area (Å²) in [6.45, 7) is 11.9. The fourth-order valence-electron chi connectivity index (χ4n) is 5.28. The van der Waals surface area contributed by atoms with Gasteiger partial charge in [0.2, 0.25) is 0 Å². The zero-order chi connectivity index (χ0) is 24.7. The van der Waals surface area contributed by atoms with Crippen molar-refractivity contribution in [2.75, 3.05) is 31.1 Å². The predicted octanol–water partition coefficient (Wildman–Crippen LogP) is 7.00. The van der Waals surface area contributed by atoms with E-state index in [1.54, 1.807) is 0 Å². The third kappa shape index (κ3) is 4.49. The van der Waals surface area contributed by atoms with E-state index in [4.69, 9.17) is 4.98 Å². The van der Waals surface area contributed by atoms with Gasteiger partial charge in [-0.2, -0.15) is 0 Å². The van der Waals surface area contributed by atoms with Crippen LogP contribution in [0.3, 0.4) is 0 Å². The Kier molecular flexibility index (Phi) is 5.77. The number of H-pyrrole nitrogens is 1. The zero-order valence-electron chi connectivity index (χ0n) is 21.5. The van der Waals surface area contributed by atoms with Crippen LogP contribution in [-0.4, -0.2) is 41.0 Å². The summed E-state index contributed by atoms with van der Waals surface area (Å²) in [5.74, 6) is 0.938. The second kappa shape index (κ2) is 9.11. The number of benzene rings is 4. The maximum absolute atomic E-state index is 5.05. The molecule has 1 aliphatic rings. The van der Waals surface area contributed by atoms with E-state index in [9.17, 15) is 0 Å². The first-order valence-corrected chi connectivity index (χ1v) is 13.0. The second-order valence-corrected chi connectivity index (χ2v) is 11.0. The van der Waals surface area contributed by atoms with E-state index >= 15 is 0 Å². The number of piperazine rings is 1. The average Bonchev–Trinajstić information content (AvgIpc) is 3.33. The van der Waals surface area contributed by atoms with Crippen LogP contribution < -0.4 is 4.90 Å². The fraction of sp³-hybridized carbons (Fsp3) is 0.281. The quantitative estimate of drug-likeness (QED) is 0.304. The maximum atomic E-state index is 5.05. The lowest BCUT2D eigenvalue weighted by atomic mass is 9.87. The van der Waals surface area contributed by atoms with Crippen LogP contribution in [0.1, 0.15) is 31.9 Å². The van der Waals surface area contributed by atoms with Gasteiger partial charge in [0.05, 0.1) is 11.2 Å². The highest BCUT2D eigenvalue weighted by atomic mass is 15.3. The molecule has 0 unspecified atom stereocenters. The summed E-state index contributed by atoms with van der Waals surface area (Å²) < 4.78 is 0. The minimum absolute atomic E-state index is 0.149. The monoisotopic (exact) mass is 474 g/mol. The number of fused-ring (bicyclic) bond motifs is 2. The minimum Gasteiger partial charge on any atom is -0.367 e. The fourth-order valence-corrected chi connectivity index (χ4v) is 5.28. The number of para-hydroxylation sites is 1. The van der Waals surface area contributed by atoms with Crippen LogP contribution in [0.4, 0.5) is 5.69 Å². The number of nitrogens with zero attached hydrogens (tertiary/aromatic N) is 3. The van der Waals surface area contributed by atoms with E-state index in [-0.39, 0.29) is 5.41 Å². The molecule has 4 aromatic carbocycles. The first kappa shape index (κ1) is 22.8. The molecule has 5 aromatic rings. The highest BCUT2D eigenvalue weighted by Crippen LogP contribution is 2.30. The van der Waals surface area contributed by atoms with Crippen molar-refractivity contribution in [2.45, 2.75) is 32.7 Å². The standard InChI is InChI=1S/C32H34N4/c1-32(2,3)27-15-13-25(14-16-27)31-33-28-9-6-10-29(30(28)34-31)36-19-17-35(18-20-36)22-23-11-12-24-7-4-5-8-26(24)21-23/h4-16,21H,17-20,22H2,1-3H3,(H,33,34). The molecule has 0 atom stereocenters. The minimum atomic E-state index is 0.149. The van der Waals surface area contributed by atoms with E-state index in [2.05, 4.69) is 120 Å². The largest absolute Gasteiger partial charge is 0.367 e. The summed E-state index contributed by atoms with van der Waals surface area (Å²) in [6.07, 6.45) is 0. The normalized spacial score (nSPS) is 15.1. The van der Waals surface area contributed by atoms with E-state index in [0.29, 0.717) is 0 Å². The third-order valence-corrected chi connectivity index (χ3v) is 7.45. The van der Waals surface area contributed by atoms with Crippen molar-refractivity contribution in [3.05, 3.63) is 96.1 Å². The molecule has 2 heterocycles. The van der Waals surface area contributed by atoms with Crippen molar-refractivity contribution < 1.29 is 0 Å². The first-order valence-electron chi connectivity index (χ1n) is 13.0. The van der Waals surface area contributed by atoms with Crippen LogP contribution in [0.15, 0.2) is 84.9 Å². The molecule has 1 N–H and O–H groups in total. The van der Waals surface area contributed by atoms with Gasteiger partial charge < -0.3 is 9.88 Å². The molecule has 1 aliphatic heterocycles. The zero-order valence-corrected chi connectivity index (χ0v) is 21.5. The van der Waals surface area contributed by atoms with Gasteiger partial charge >= 0.3 is 0 Å². The summed E-state index contributed by atoms with van der Waals surface area (Å²) >= 11 is 0. The summed E-state index contributed by atoms with van der Waals surface area (Å²) in [7, 11) is 0. The van der Waals surface area contributed by atoms with Gasteiger partial charge in [0.25, 0.3) is 0 Å². The number of anilines is 1. The van der Waals surface area contributed by atoms with Gasteiger partial charge in [-0.15, -0.1) is 0 Å². The number of aromatic nitrogens is 2. The smallest absolute Gasteiger partial charge is 0.138 e. The Bertz CT molecular complexity index is 1500. The molecule has 0 amide bonds. The Labute approximate surface area is 213 Å². The Morgan fingerprint density at radius 1 is 0.778 bits per heavy atom. The molecule has 182 valence electrons. The van der Waals surface area contributed by atoms with E-state index in [1.807, 2.05) is 0 Å². The van der Waals surface area contributed by atoms with Crippen LogP contribution in [0.25, 0.3) is 33.2 Å². The molecular formula is C32H34N4.